The number of nitrogens with one attached hydrogen (secondary N) is 1. The van der Waals surface area contributed by atoms with E-state index in [9.17, 15) is 9.59 Å². The molecule has 5 rings (SSSR count). The summed E-state index contributed by atoms with van der Waals surface area (Å²) in [6.07, 6.45) is 7.31. The molecule has 1 aromatic heterocycles. The molecule has 7 nitrogen and oxygen atoms in total. The van der Waals surface area contributed by atoms with Crippen LogP contribution in [0.15, 0.2) is 29.1 Å². The van der Waals surface area contributed by atoms with E-state index in [4.69, 9.17) is 4.98 Å². The smallest absolute Gasteiger partial charge is 0.261 e. The van der Waals surface area contributed by atoms with E-state index in [0.29, 0.717) is 6.42 Å². The molecule has 3 aliphatic rings. The summed E-state index contributed by atoms with van der Waals surface area (Å²) in [7, 11) is 0. The van der Waals surface area contributed by atoms with Crippen LogP contribution in [-0.2, 0) is 4.79 Å². The molecule has 1 aromatic carbocycles. The monoisotopic (exact) mass is 423 g/mol. The molecule has 1 atom stereocenters. The Labute approximate surface area is 183 Å². The highest BCUT2D eigenvalue weighted by molar-refractivity contribution is 5.77. The van der Waals surface area contributed by atoms with Gasteiger partial charge in [0.05, 0.1) is 16.9 Å². The zero-order valence-corrected chi connectivity index (χ0v) is 18.3. The number of likely N-dealkylation sites (tertiary alicyclic amines) is 1. The van der Waals surface area contributed by atoms with Crippen molar-refractivity contribution in [3.05, 3.63) is 40.4 Å². The minimum atomic E-state index is 0.136. The maximum Gasteiger partial charge on any atom is 0.261 e. The molecule has 2 aromatic rings. The summed E-state index contributed by atoms with van der Waals surface area (Å²) in [6.45, 7) is 5.41. The molecule has 0 radical (unpaired) electrons. The first kappa shape index (κ1) is 20.6. The Kier molecular flexibility index (Phi) is 6.05. The maximum absolute atomic E-state index is 13.5. The largest absolute Gasteiger partial charge is 0.355 e. The predicted molar refractivity (Wildman–Crippen MR) is 121 cm³/mol. The van der Waals surface area contributed by atoms with Crippen molar-refractivity contribution in [1.29, 1.82) is 0 Å². The van der Waals surface area contributed by atoms with Gasteiger partial charge in [-0.15, -0.1) is 0 Å². The molecule has 3 heterocycles. The number of hydrogen-bond donors (Lipinski definition) is 1. The molecule has 0 spiro atoms. The van der Waals surface area contributed by atoms with Crippen LogP contribution in [0.1, 0.15) is 62.9 Å². The van der Waals surface area contributed by atoms with Gasteiger partial charge in [-0.3, -0.25) is 24.0 Å². The van der Waals surface area contributed by atoms with E-state index in [2.05, 4.69) is 19.7 Å². The molecule has 1 saturated carbocycles. The number of fused-ring (bicyclic) bond motifs is 1. The number of hydrogen-bond acceptors (Lipinski definition) is 5. The number of nitrogens with zero attached hydrogens (tertiary/aromatic N) is 4. The third-order valence-electron chi connectivity index (χ3n) is 7.30. The zero-order valence-electron chi connectivity index (χ0n) is 18.3. The molecule has 1 amide bonds. The minimum Gasteiger partial charge on any atom is -0.355 e. The Balaban J connectivity index is 1.42. The van der Waals surface area contributed by atoms with Crippen LogP contribution in [0.2, 0.25) is 0 Å². The van der Waals surface area contributed by atoms with Crippen LogP contribution in [0, 0.1) is 0 Å². The van der Waals surface area contributed by atoms with Crippen LogP contribution >= 0.6 is 0 Å². The molecule has 7 heteroatoms. The maximum atomic E-state index is 13.5. The third kappa shape index (κ3) is 4.26. The van der Waals surface area contributed by atoms with Crippen LogP contribution < -0.4 is 10.9 Å². The van der Waals surface area contributed by atoms with E-state index in [0.717, 1.165) is 81.7 Å². The lowest BCUT2D eigenvalue weighted by Crippen LogP contribution is -2.39. The van der Waals surface area contributed by atoms with Crippen molar-refractivity contribution in [3.63, 3.8) is 0 Å². The fourth-order valence-corrected chi connectivity index (χ4v) is 5.61. The van der Waals surface area contributed by atoms with E-state index in [1.807, 2.05) is 24.3 Å². The lowest BCUT2D eigenvalue weighted by Gasteiger charge is -2.30. The number of carbonyl (C=O) groups is 1. The van der Waals surface area contributed by atoms with E-state index >= 15 is 0 Å². The Morgan fingerprint density at radius 2 is 1.81 bits per heavy atom. The molecule has 31 heavy (non-hydrogen) atoms. The number of para-hydroxylation sites is 1. The molecule has 3 fully saturated rings. The van der Waals surface area contributed by atoms with E-state index < -0.39 is 0 Å². The molecule has 166 valence electrons. The van der Waals surface area contributed by atoms with Gasteiger partial charge >= 0.3 is 0 Å². The highest BCUT2D eigenvalue weighted by Crippen LogP contribution is 2.36. The van der Waals surface area contributed by atoms with Crippen molar-refractivity contribution < 1.29 is 4.79 Å². The lowest BCUT2D eigenvalue weighted by atomic mass is 10.1. The van der Waals surface area contributed by atoms with Crippen LogP contribution in [-0.4, -0.2) is 64.5 Å². The Bertz CT molecular complexity index is 997. The van der Waals surface area contributed by atoms with E-state index in [1.54, 1.807) is 0 Å². The fraction of sp³-hybridized carbons (Fsp3) is 0.625. The number of benzene rings is 1. The van der Waals surface area contributed by atoms with Crippen molar-refractivity contribution in [2.45, 2.75) is 57.0 Å². The summed E-state index contributed by atoms with van der Waals surface area (Å²) in [5.74, 6) is 1.13. The van der Waals surface area contributed by atoms with Crippen molar-refractivity contribution in [2.24, 2.45) is 0 Å². The SMILES string of the molecule is O=C1CCN(CCN2CCCC2c2nc3ccccc3c(=O)n2C2CCCC2)CCN1. The molecule has 1 N–H and O–H groups in total. The molecular formula is C24H33N5O2. The van der Waals surface area contributed by atoms with Gasteiger partial charge in [-0.05, 0) is 44.4 Å². The molecule has 0 bridgehead atoms. The Morgan fingerprint density at radius 3 is 2.68 bits per heavy atom. The second-order valence-corrected chi connectivity index (χ2v) is 9.24. The predicted octanol–water partition coefficient (Wildman–Crippen LogP) is 2.47. The van der Waals surface area contributed by atoms with Gasteiger partial charge in [0, 0.05) is 45.2 Å². The number of rotatable bonds is 5. The summed E-state index contributed by atoms with van der Waals surface area (Å²) < 4.78 is 2.06. The normalized spacial score (nSPS) is 24.0. The van der Waals surface area contributed by atoms with Gasteiger partial charge < -0.3 is 5.32 Å². The van der Waals surface area contributed by atoms with Crippen LogP contribution in [0.4, 0.5) is 0 Å². The summed E-state index contributed by atoms with van der Waals surface area (Å²) in [6, 6.07) is 8.28. The number of amides is 1. The minimum absolute atomic E-state index is 0.136. The van der Waals surface area contributed by atoms with Gasteiger partial charge in [0.15, 0.2) is 0 Å². The number of aromatic nitrogens is 2. The Hall–Kier alpha value is -2.25. The average Bonchev–Trinajstić information content (AvgIpc) is 3.43. The number of carbonyl (C=O) groups excluding carboxylic acids is 1. The van der Waals surface area contributed by atoms with Gasteiger partial charge in [0.1, 0.15) is 5.82 Å². The van der Waals surface area contributed by atoms with Crippen LogP contribution in [0.5, 0.6) is 0 Å². The molecule has 2 aliphatic heterocycles. The van der Waals surface area contributed by atoms with Gasteiger partial charge in [-0.1, -0.05) is 25.0 Å². The Morgan fingerprint density at radius 1 is 0.968 bits per heavy atom. The summed E-state index contributed by atoms with van der Waals surface area (Å²) in [5.41, 5.74) is 0.956. The average molecular weight is 424 g/mol. The first-order valence-electron chi connectivity index (χ1n) is 11.9. The fourth-order valence-electron chi connectivity index (χ4n) is 5.61. The van der Waals surface area contributed by atoms with Crippen molar-refractivity contribution in [2.75, 3.05) is 39.3 Å². The lowest BCUT2D eigenvalue weighted by molar-refractivity contribution is -0.120. The quantitative estimate of drug-likeness (QED) is 0.800. The summed E-state index contributed by atoms with van der Waals surface area (Å²) >= 11 is 0. The van der Waals surface area contributed by atoms with Crippen molar-refractivity contribution in [3.8, 4) is 0 Å². The van der Waals surface area contributed by atoms with E-state index in [-0.39, 0.29) is 23.6 Å². The van der Waals surface area contributed by atoms with Gasteiger partial charge in [-0.25, -0.2) is 4.98 Å². The molecule has 2 saturated heterocycles. The van der Waals surface area contributed by atoms with Crippen LogP contribution in [0.25, 0.3) is 10.9 Å². The molecule has 1 unspecified atom stereocenters. The molecular weight excluding hydrogens is 390 g/mol. The van der Waals surface area contributed by atoms with Crippen molar-refractivity contribution >= 4 is 16.8 Å². The topological polar surface area (TPSA) is 70.5 Å². The van der Waals surface area contributed by atoms with Crippen LogP contribution in [0.3, 0.4) is 0 Å². The second-order valence-electron chi connectivity index (χ2n) is 9.24. The molecule has 1 aliphatic carbocycles. The highest BCUT2D eigenvalue weighted by atomic mass is 16.1. The van der Waals surface area contributed by atoms with Gasteiger partial charge in [0.2, 0.25) is 5.91 Å². The first-order chi connectivity index (χ1) is 15.2. The van der Waals surface area contributed by atoms with Gasteiger partial charge in [-0.2, -0.15) is 0 Å². The zero-order chi connectivity index (χ0) is 21.2. The summed E-state index contributed by atoms with van der Waals surface area (Å²) in [4.78, 5) is 35.2. The van der Waals surface area contributed by atoms with E-state index in [1.165, 1.54) is 12.8 Å². The second kappa shape index (κ2) is 9.09. The third-order valence-corrected chi connectivity index (χ3v) is 7.30. The van der Waals surface area contributed by atoms with Crippen molar-refractivity contribution in [1.82, 2.24) is 24.7 Å². The van der Waals surface area contributed by atoms with Gasteiger partial charge in [0.25, 0.3) is 5.56 Å². The standard InChI is InChI=1S/C24H33N5O2/c30-22-11-14-27(15-12-25-22)16-17-28-13-5-10-21(28)23-26-20-9-4-3-8-19(20)24(31)29(23)18-6-1-2-7-18/h3-4,8-9,18,21H,1-2,5-7,10-17H2,(H,25,30). The summed E-state index contributed by atoms with van der Waals surface area (Å²) in [5, 5.41) is 3.70. The first-order valence-corrected chi connectivity index (χ1v) is 11.9. The highest BCUT2D eigenvalue weighted by Gasteiger charge is 2.33.